The normalized spacial score (nSPS) is 23.1. The maximum absolute atomic E-state index is 14.9. The molecule has 1 aromatic heterocycles. The second-order valence-corrected chi connectivity index (χ2v) is 14.3. The van der Waals surface area contributed by atoms with Crippen molar-refractivity contribution in [1.82, 2.24) is 19.7 Å². The number of aromatic nitrogens is 3. The molecule has 0 bridgehead atoms. The van der Waals surface area contributed by atoms with Crippen molar-refractivity contribution < 1.29 is 9.18 Å². The van der Waals surface area contributed by atoms with Crippen LogP contribution < -0.4 is 10.6 Å². The number of anilines is 1. The number of nitrogens with two attached hydrogens (primary N) is 1. The fraction of sp³-hybridized carbons (Fsp3) is 0.583. The molecule has 45 heavy (non-hydrogen) atoms. The Labute approximate surface area is 272 Å². The van der Waals surface area contributed by atoms with Gasteiger partial charge in [-0.15, -0.1) is 0 Å². The lowest BCUT2D eigenvalue weighted by Gasteiger charge is -2.49. The molecule has 6 rings (SSSR count). The summed E-state index contributed by atoms with van der Waals surface area (Å²) < 4.78 is 16.5. The highest BCUT2D eigenvalue weighted by molar-refractivity contribution is 6.30. The van der Waals surface area contributed by atoms with Crippen LogP contribution >= 0.6 is 11.6 Å². The Morgan fingerprint density at radius 2 is 1.76 bits per heavy atom. The van der Waals surface area contributed by atoms with Gasteiger partial charge in [0.05, 0.1) is 0 Å². The van der Waals surface area contributed by atoms with Crippen LogP contribution in [0, 0.1) is 24.1 Å². The smallest absolute Gasteiger partial charge is 0.245 e. The SMILES string of the molecule is Cc1cc(N(C2CCC(N)CC2)[C@H](Cc2ccc(Cl)cc2)C(=O)N2CCC(Cn3cncn3)(C3CCCCC3)CC2)ccc1F. The first-order valence-corrected chi connectivity index (χ1v) is 17.3. The van der Waals surface area contributed by atoms with E-state index in [1.165, 1.54) is 32.1 Å². The molecular formula is C36H48ClFN6O. The molecule has 242 valence electrons. The summed E-state index contributed by atoms with van der Waals surface area (Å²) in [6.07, 6.45) is 16.0. The number of nitrogens with zero attached hydrogens (tertiary/aromatic N) is 5. The van der Waals surface area contributed by atoms with E-state index >= 15 is 0 Å². The second-order valence-electron chi connectivity index (χ2n) is 13.9. The number of carbonyl (C=O) groups excluding carboxylic acids is 1. The van der Waals surface area contributed by atoms with Crippen molar-refractivity contribution in [3.63, 3.8) is 0 Å². The number of benzene rings is 2. The van der Waals surface area contributed by atoms with Crippen LogP contribution in [0.15, 0.2) is 55.1 Å². The standard InChI is InChI=1S/C36H48ClFN6O/c1-26-21-32(15-16-33(26)38)44(31-13-11-30(39)12-14-31)34(22-27-7-9-29(37)10-8-27)35(45)42-19-17-36(18-20-42,23-43-25-40-24-41-43)28-5-3-2-4-6-28/h7-10,15-16,21,24-25,28,30-31,34H,2-6,11-14,17-20,22-23,39H2,1H3/t30?,31?,34-/m1/s1. The van der Waals surface area contributed by atoms with Crippen molar-refractivity contribution in [2.75, 3.05) is 18.0 Å². The van der Waals surface area contributed by atoms with Gasteiger partial charge in [-0.2, -0.15) is 5.10 Å². The van der Waals surface area contributed by atoms with Gasteiger partial charge in [0.2, 0.25) is 5.91 Å². The van der Waals surface area contributed by atoms with E-state index in [9.17, 15) is 9.18 Å². The summed E-state index contributed by atoms with van der Waals surface area (Å²) in [5, 5.41) is 5.16. The number of aryl methyl sites for hydroxylation is 1. The van der Waals surface area contributed by atoms with Crippen LogP contribution in [0.25, 0.3) is 0 Å². The van der Waals surface area contributed by atoms with Crippen LogP contribution in [-0.2, 0) is 17.8 Å². The molecule has 2 heterocycles. The Kier molecular flexibility index (Phi) is 10.1. The van der Waals surface area contributed by atoms with Gasteiger partial charge >= 0.3 is 0 Å². The summed E-state index contributed by atoms with van der Waals surface area (Å²) in [6, 6.07) is 13.1. The molecule has 0 unspecified atom stereocenters. The van der Waals surface area contributed by atoms with Gasteiger partial charge in [0, 0.05) is 48.8 Å². The number of piperidine rings is 1. The molecule has 9 heteroatoms. The minimum absolute atomic E-state index is 0.115. The molecule has 0 spiro atoms. The van der Waals surface area contributed by atoms with Crippen LogP contribution in [0.1, 0.15) is 81.8 Å². The molecule has 2 aliphatic carbocycles. The maximum atomic E-state index is 14.9. The average molecular weight is 635 g/mol. The Morgan fingerprint density at radius 3 is 2.40 bits per heavy atom. The fourth-order valence-electron chi connectivity index (χ4n) is 8.39. The van der Waals surface area contributed by atoms with Crippen molar-refractivity contribution in [3.8, 4) is 0 Å². The van der Waals surface area contributed by atoms with Gasteiger partial charge in [-0.25, -0.2) is 9.37 Å². The van der Waals surface area contributed by atoms with Gasteiger partial charge in [0.25, 0.3) is 0 Å². The minimum atomic E-state index is -0.423. The molecule has 2 N–H and O–H groups in total. The highest BCUT2D eigenvalue weighted by atomic mass is 35.5. The lowest BCUT2D eigenvalue weighted by molar-refractivity contribution is -0.136. The predicted octanol–water partition coefficient (Wildman–Crippen LogP) is 6.96. The molecule has 7 nitrogen and oxygen atoms in total. The van der Waals surface area contributed by atoms with Crippen LogP contribution in [-0.4, -0.2) is 56.8 Å². The number of rotatable bonds is 9. The van der Waals surface area contributed by atoms with Gasteiger partial charge in [0.15, 0.2) is 0 Å². The third kappa shape index (κ3) is 7.38. The van der Waals surface area contributed by atoms with Gasteiger partial charge in [-0.3, -0.25) is 9.48 Å². The van der Waals surface area contributed by atoms with E-state index in [1.54, 1.807) is 19.3 Å². The molecule has 1 amide bonds. The van der Waals surface area contributed by atoms with Crippen LogP contribution in [0.3, 0.4) is 0 Å². The minimum Gasteiger partial charge on any atom is -0.356 e. The second kappa shape index (κ2) is 14.2. The summed E-state index contributed by atoms with van der Waals surface area (Å²) in [5.74, 6) is 0.565. The molecule has 1 atom stereocenters. The fourth-order valence-corrected chi connectivity index (χ4v) is 8.52. The largest absolute Gasteiger partial charge is 0.356 e. The third-order valence-electron chi connectivity index (χ3n) is 11.0. The molecule has 1 saturated heterocycles. The first kappa shape index (κ1) is 32.0. The number of carbonyl (C=O) groups is 1. The van der Waals surface area contributed by atoms with Crippen LogP contribution in [0.4, 0.5) is 10.1 Å². The van der Waals surface area contributed by atoms with Crippen LogP contribution in [0.2, 0.25) is 5.02 Å². The number of likely N-dealkylation sites (tertiary alicyclic amines) is 1. The number of halogens is 2. The van der Waals surface area contributed by atoms with Gasteiger partial charge in [-0.05, 0) is 111 Å². The zero-order chi connectivity index (χ0) is 31.4. The maximum Gasteiger partial charge on any atom is 0.245 e. The zero-order valence-electron chi connectivity index (χ0n) is 26.6. The first-order chi connectivity index (χ1) is 21.8. The average Bonchev–Trinajstić information content (AvgIpc) is 3.57. The molecule has 3 aromatic rings. The van der Waals surface area contributed by atoms with E-state index in [-0.39, 0.29) is 29.2 Å². The lowest BCUT2D eigenvalue weighted by Crippen LogP contribution is -2.57. The zero-order valence-corrected chi connectivity index (χ0v) is 27.3. The Morgan fingerprint density at radius 1 is 1.04 bits per heavy atom. The third-order valence-corrected chi connectivity index (χ3v) is 11.3. The lowest BCUT2D eigenvalue weighted by atomic mass is 9.63. The summed E-state index contributed by atoms with van der Waals surface area (Å²) in [4.78, 5) is 23.5. The van der Waals surface area contributed by atoms with E-state index in [2.05, 4.69) is 19.9 Å². The molecule has 1 aliphatic heterocycles. The van der Waals surface area contributed by atoms with Crippen LogP contribution in [0.5, 0.6) is 0 Å². The Bertz CT molecular complexity index is 1390. The van der Waals surface area contributed by atoms with E-state index in [0.717, 1.165) is 69.4 Å². The predicted molar refractivity (Wildman–Crippen MR) is 178 cm³/mol. The molecule has 3 fully saturated rings. The van der Waals surface area contributed by atoms with Crippen molar-refractivity contribution in [1.29, 1.82) is 0 Å². The Balaban J connectivity index is 1.31. The van der Waals surface area contributed by atoms with Gasteiger partial charge in [0.1, 0.15) is 24.5 Å². The molecule has 0 radical (unpaired) electrons. The highest BCUT2D eigenvalue weighted by Crippen LogP contribution is 2.47. The monoisotopic (exact) mass is 634 g/mol. The number of hydrogen-bond donors (Lipinski definition) is 1. The van der Waals surface area contributed by atoms with E-state index in [0.29, 0.717) is 22.9 Å². The topological polar surface area (TPSA) is 80.3 Å². The first-order valence-electron chi connectivity index (χ1n) is 17.0. The molecule has 2 saturated carbocycles. The Hall–Kier alpha value is -2.97. The van der Waals surface area contributed by atoms with Crippen molar-refractivity contribution >= 4 is 23.2 Å². The number of amides is 1. The quantitative estimate of drug-likeness (QED) is 0.275. The summed E-state index contributed by atoms with van der Waals surface area (Å²) >= 11 is 6.26. The molecule has 3 aliphatic rings. The van der Waals surface area contributed by atoms with Crippen molar-refractivity contribution in [3.05, 3.63) is 77.1 Å². The summed E-state index contributed by atoms with van der Waals surface area (Å²) in [7, 11) is 0. The molecule has 2 aromatic carbocycles. The summed E-state index contributed by atoms with van der Waals surface area (Å²) in [6.45, 7) is 4.12. The van der Waals surface area contributed by atoms with E-state index in [1.807, 2.05) is 47.4 Å². The van der Waals surface area contributed by atoms with Crippen molar-refractivity contribution in [2.24, 2.45) is 17.1 Å². The van der Waals surface area contributed by atoms with Crippen molar-refractivity contribution in [2.45, 2.75) is 109 Å². The van der Waals surface area contributed by atoms with Gasteiger partial charge < -0.3 is 15.5 Å². The van der Waals surface area contributed by atoms with E-state index in [4.69, 9.17) is 17.3 Å². The highest BCUT2D eigenvalue weighted by Gasteiger charge is 2.45. The number of hydrogen-bond acceptors (Lipinski definition) is 5. The van der Waals surface area contributed by atoms with E-state index < -0.39 is 6.04 Å². The molecular weight excluding hydrogens is 587 g/mol. The summed E-state index contributed by atoms with van der Waals surface area (Å²) in [5.41, 5.74) is 9.01. The van der Waals surface area contributed by atoms with Gasteiger partial charge in [-0.1, -0.05) is 43.0 Å².